The summed E-state index contributed by atoms with van der Waals surface area (Å²) in [6, 6.07) is 13.1. The Bertz CT molecular complexity index is 1010. The van der Waals surface area contributed by atoms with Gasteiger partial charge in [0.15, 0.2) is 18.1 Å². The van der Waals surface area contributed by atoms with E-state index in [0.29, 0.717) is 42.7 Å². The van der Waals surface area contributed by atoms with Crippen LogP contribution in [-0.4, -0.2) is 48.4 Å². The fourth-order valence-electron chi connectivity index (χ4n) is 3.66. The summed E-state index contributed by atoms with van der Waals surface area (Å²) in [5.41, 5.74) is 1.56. The van der Waals surface area contributed by atoms with E-state index in [1.54, 1.807) is 29.5 Å². The highest BCUT2D eigenvalue weighted by Gasteiger charge is 2.26. The maximum Gasteiger partial charge on any atom is 0.260 e. The van der Waals surface area contributed by atoms with Crippen molar-refractivity contribution in [1.82, 2.24) is 9.88 Å². The number of likely N-dealkylation sites (tertiary alicyclic amines) is 1. The zero-order chi connectivity index (χ0) is 20.9. The molecule has 1 aromatic heterocycles. The van der Waals surface area contributed by atoms with Crippen molar-refractivity contribution < 1.29 is 19.1 Å². The number of amides is 1. The molecule has 3 aromatic rings. The van der Waals surface area contributed by atoms with Crippen molar-refractivity contribution >= 4 is 33.7 Å². The van der Waals surface area contributed by atoms with E-state index in [4.69, 9.17) is 14.5 Å². The lowest BCUT2D eigenvalue weighted by atomic mass is 9.97. The van der Waals surface area contributed by atoms with Crippen LogP contribution in [0.5, 0.6) is 11.5 Å². The number of ether oxygens (including phenoxy) is 2. The second-order valence-electron chi connectivity index (χ2n) is 7.22. The molecule has 1 saturated heterocycles. The van der Waals surface area contributed by atoms with Gasteiger partial charge in [-0.25, -0.2) is 4.98 Å². The predicted octanol–water partition coefficient (Wildman–Crippen LogP) is 4.29. The van der Waals surface area contributed by atoms with Gasteiger partial charge in [-0.2, -0.15) is 0 Å². The average molecular weight is 425 g/mol. The lowest BCUT2D eigenvalue weighted by molar-refractivity contribution is -0.134. The van der Waals surface area contributed by atoms with Crippen LogP contribution in [0.4, 0.5) is 0 Å². The number of para-hydroxylation sites is 1. The third kappa shape index (κ3) is 4.46. The number of aldehydes is 1. The normalized spacial score (nSPS) is 14.6. The number of carbonyl (C=O) groups is 2. The van der Waals surface area contributed by atoms with Crippen molar-refractivity contribution in [1.29, 1.82) is 0 Å². The Morgan fingerprint density at radius 3 is 2.70 bits per heavy atom. The molecule has 6 nitrogen and oxygen atoms in total. The first kappa shape index (κ1) is 20.3. The molecule has 1 amide bonds. The molecular formula is C23H24N2O4S. The maximum absolute atomic E-state index is 12.6. The Labute approximate surface area is 179 Å². The SMILES string of the molecule is CCOc1cc(C=O)ccc1OCC(=O)N1CCC(c2nc3ccccc3s2)CC1. The van der Waals surface area contributed by atoms with E-state index in [1.807, 2.05) is 30.0 Å². The van der Waals surface area contributed by atoms with Crippen LogP contribution in [0.3, 0.4) is 0 Å². The third-order valence-electron chi connectivity index (χ3n) is 5.26. The molecule has 1 aliphatic heterocycles. The number of aromatic nitrogens is 1. The Morgan fingerprint density at radius 2 is 1.97 bits per heavy atom. The molecule has 0 spiro atoms. The molecule has 7 heteroatoms. The quantitative estimate of drug-likeness (QED) is 0.529. The number of rotatable bonds is 7. The standard InChI is InChI=1S/C23H24N2O4S/c1-2-28-20-13-16(14-26)7-8-19(20)29-15-22(27)25-11-9-17(10-12-25)23-24-18-5-3-4-6-21(18)30-23/h3-8,13-14,17H,2,9-12,15H2,1H3. The van der Waals surface area contributed by atoms with E-state index < -0.39 is 0 Å². The summed E-state index contributed by atoms with van der Waals surface area (Å²) in [6.45, 7) is 3.66. The monoisotopic (exact) mass is 424 g/mol. The van der Waals surface area contributed by atoms with Gasteiger partial charge < -0.3 is 14.4 Å². The van der Waals surface area contributed by atoms with Gasteiger partial charge in [-0.05, 0) is 50.1 Å². The zero-order valence-corrected chi connectivity index (χ0v) is 17.7. The van der Waals surface area contributed by atoms with E-state index in [2.05, 4.69) is 6.07 Å². The number of piperidine rings is 1. The van der Waals surface area contributed by atoms with Gasteiger partial charge in [0.1, 0.15) is 6.29 Å². The molecule has 1 aliphatic rings. The first-order valence-electron chi connectivity index (χ1n) is 10.2. The van der Waals surface area contributed by atoms with Crippen LogP contribution < -0.4 is 9.47 Å². The summed E-state index contributed by atoms with van der Waals surface area (Å²) in [5.74, 6) is 1.30. The van der Waals surface area contributed by atoms with E-state index in [9.17, 15) is 9.59 Å². The number of nitrogens with zero attached hydrogens (tertiary/aromatic N) is 2. The number of thiazole rings is 1. The minimum Gasteiger partial charge on any atom is -0.490 e. The molecule has 1 fully saturated rings. The molecule has 0 radical (unpaired) electrons. The van der Waals surface area contributed by atoms with E-state index in [1.165, 1.54) is 4.70 Å². The Hall–Kier alpha value is -2.93. The summed E-state index contributed by atoms with van der Waals surface area (Å²) in [7, 11) is 0. The molecule has 2 aromatic carbocycles. The van der Waals surface area contributed by atoms with Gasteiger partial charge >= 0.3 is 0 Å². The second-order valence-corrected chi connectivity index (χ2v) is 8.28. The van der Waals surface area contributed by atoms with Crippen LogP contribution >= 0.6 is 11.3 Å². The highest BCUT2D eigenvalue weighted by molar-refractivity contribution is 7.18. The lowest BCUT2D eigenvalue weighted by Crippen LogP contribution is -2.40. The van der Waals surface area contributed by atoms with Crippen molar-refractivity contribution in [2.75, 3.05) is 26.3 Å². The number of hydrogen-bond acceptors (Lipinski definition) is 6. The number of hydrogen-bond donors (Lipinski definition) is 0. The van der Waals surface area contributed by atoms with Crippen molar-refractivity contribution in [3.05, 3.63) is 53.0 Å². The average Bonchev–Trinajstić information content (AvgIpc) is 3.22. The summed E-state index contributed by atoms with van der Waals surface area (Å²) in [4.78, 5) is 30.2. The molecule has 4 rings (SSSR count). The van der Waals surface area contributed by atoms with Crippen LogP contribution in [0.15, 0.2) is 42.5 Å². The highest BCUT2D eigenvalue weighted by Crippen LogP contribution is 2.34. The van der Waals surface area contributed by atoms with Gasteiger partial charge in [0.2, 0.25) is 0 Å². The minimum absolute atomic E-state index is 0.0420. The van der Waals surface area contributed by atoms with Crippen molar-refractivity contribution in [2.24, 2.45) is 0 Å². The van der Waals surface area contributed by atoms with Crippen LogP contribution in [-0.2, 0) is 4.79 Å². The topological polar surface area (TPSA) is 68.7 Å². The van der Waals surface area contributed by atoms with Crippen molar-refractivity contribution in [2.45, 2.75) is 25.7 Å². The Kier molecular flexibility index (Phi) is 6.28. The smallest absolute Gasteiger partial charge is 0.260 e. The van der Waals surface area contributed by atoms with Gasteiger partial charge in [0.05, 0.1) is 21.8 Å². The summed E-state index contributed by atoms with van der Waals surface area (Å²) in [5, 5.41) is 1.16. The highest BCUT2D eigenvalue weighted by atomic mass is 32.1. The predicted molar refractivity (Wildman–Crippen MR) is 117 cm³/mol. The Balaban J connectivity index is 1.33. The molecule has 0 saturated carbocycles. The van der Waals surface area contributed by atoms with Gasteiger partial charge in [-0.15, -0.1) is 11.3 Å². The van der Waals surface area contributed by atoms with Gasteiger partial charge in [-0.3, -0.25) is 9.59 Å². The fourth-order valence-corrected chi connectivity index (χ4v) is 4.79. The molecular weight excluding hydrogens is 400 g/mol. The molecule has 2 heterocycles. The van der Waals surface area contributed by atoms with Crippen molar-refractivity contribution in [3.8, 4) is 11.5 Å². The van der Waals surface area contributed by atoms with E-state index in [0.717, 1.165) is 29.7 Å². The summed E-state index contributed by atoms with van der Waals surface area (Å²) >= 11 is 1.75. The number of benzene rings is 2. The summed E-state index contributed by atoms with van der Waals surface area (Å²) < 4.78 is 12.5. The van der Waals surface area contributed by atoms with Crippen LogP contribution in [0, 0.1) is 0 Å². The second kappa shape index (κ2) is 9.26. The zero-order valence-electron chi connectivity index (χ0n) is 16.9. The Morgan fingerprint density at radius 1 is 1.17 bits per heavy atom. The van der Waals surface area contributed by atoms with Crippen LogP contribution in [0.25, 0.3) is 10.2 Å². The van der Waals surface area contributed by atoms with Gasteiger partial charge in [0.25, 0.3) is 5.91 Å². The molecule has 0 N–H and O–H groups in total. The largest absolute Gasteiger partial charge is 0.490 e. The van der Waals surface area contributed by atoms with E-state index in [-0.39, 0.29) is 12.5 Å². The van der Waals surface area contributed by atoms with Gasteiger partial charge in [0, 0.05) is 24.6 Å². The molecule has 156 valence electrons. The molecule has 0 aliphatic carbocycles. The van der Waals surface area contributed by atoms with Crippen LogP contribution in [0.2, 0.25) is 0 Å². The summed E-state index contributed by atoms with van der Waals surface area (Å²) in [6.07, 6.45) is 2.57. The van der Waals surface area contributed by atoms with E-state index >= 15 is 0 Å². The number of carbonyl (C=O) groups excluding carboxylic acids is 2. The van der Waals surface area contributed by atoms with Crippen LogP contribution in [0.1, 0.15) is 41.0 Å². The van der Waals surface area contributed by atoms with Crippen molar-refractivity contribution in [3.63, 3.8) is 0 Å². The fraction of sp³-hybridized carbons (Fsp3) is 0.348. The lowest BCUT2D eigenvalue weighted by Gasteiger charge is -2.31. The number of fused-ring (bicyclic) bond motifs is 1. The first-order chi connectivity index (χ1) is 14.7. The first-order valence-corrected chi connectivity index (χ1v) is 11.0. The maximum atomic E-state index is 12.6. The minimum atomic E-state index is -0.0493. The van der Waals surface area contributed by atoms with Gasteiger partial charge in [-0.1, -0.05) is 12.1 Å². The molecule has 0 atom stereocenters. The molecule has 0 unspecified atom stereocenters. The molecule has 30 heavy (non-hydrogen) atoms. The third-order valence-corrected chi connectivity index (χ3v) is 6.46. The molecule has 0 bridgehead atoms.